The van der Waals surface area contributed by atoms with Crippen LogP contribution in [0.1, 0.15) is 63.7 Å². The van der Waals surface area contributed by atoms with Gasteiger partial charge in [-0.1, -0.05) is 93.5 Å². The van der Waals surface area contributed by atoms with Crippen LogP contribution >= 0.6 is 7.75 Å². The molecule has 2 aromatic heterocycles. The molecule has 53 heavy (non-hydrogen) atoms. The molecule has 1 aliphatic heterocycles. The summed E-state index contributed by atoms with van der Waals surface area (Å²) in [6.45, 7) is 1.49. The Labute approximate surface area is 305 Å². The molecular weight excluding hydrogens is 710 g/mol. The predicted octanol–water partition coefficient (Wildman–Crippen LogP) is 6.21. The number of nitrogens with two attached hydrogens (primary N) is 1. The van der Waals surface area contributed by atoms with E-state index >= 15 is 0 Å². The van der Waals surface area contributed by atoms with Crippen LogP contribution in [-0.2, 0) is 34.5 Å². The second-order valence-electron chi connectivity index (χ2n) is 12.4. The Balaban J connectivity index is 1.41. The van der Waals surface area contributed by atoms with E-state index in [-0.39, 0.29) is 42.2 Å². The van der Waals surface area contributed by atoms with E-state index in [2.05, 4.69) is 32.9 Å². The largest absolute Gasteiger partial charge is 0.508 e. The number of terminal acetylenes is 1. The Kier molecular flexibility index (Phi) is 13.4. The molecule has 0 saturated carbocycles. The number of hydrogen-bond acceptors (Lipinski definition) is 12. The number of halogens is 1. The molecule has 5 rings (SSSR count). The van der Waals surface area contributed by atoms with Gasteiger partial charge in [0.25, 0.3) is 0 Å². The Hall–Kier alpha value is -5.07. The number of nitrogens with one attached hydrogen (secondary N) is 1. The van der Waals surface area contributed by atoms with Crippen LogP contribution in [0.5, 0.6) is 5.75 Å². The maximum atomic E-state index is 14.5. The minimum atomic E-state index is -4.61. The molecule has 0 aliphatic carbocycles. The number of nitrogens with zero attached hydrogens (tertiary/aromatic N) is 4. The number of nitrogen functional groups attached to an aromatic ring is 1. The van der Waals surface area contributed by atoms with E-state index < -0.39 is 56.5 Å². The van der Waals surface area contributed by atoms with E-state index in [1.807, 2.05) is 0 Å². The van der Waals surface area contributed by atoms with Gasteiger partial charge in [-0.15, -0.1) is 6.42 Å². The Bertz CT molecular complexity index is 1930. The third-order valence-corrected chi connectivity index (χ3v) is 10.1. The van der Waals surface area contributed by atoms with Gasteiger partial charge >= 0.3 is 25.9 Å². The highest BCUT2D eigenvalue weighted by atomic mass is 31.2. The lowest BCUT2D eigenvalue weighted by Crippen LogP contribution is -2.46. The van der Waals surface area contributed by atoms with Gasteiger partial charge in [0.05, 0.1) is 12.9 Å². The smallest absolute Gasteiger partial charge is 0.480 e. The first kappa shape index (κ1) is 39.1. The van der Waals surface area contributed by atoms with Gasteiger partial charge in [-0.25, -0.2) is 14.3 Å². The summed E-state index contributed by atoms with van der Waals surface area (Å²) in [5, 5.41) is 12.7. The van der Waals surface area contributed by atoms with Gasteiger partial charge in [0, 0.05) is 6.42 Å². The number of rotatable bonds is 19. The normalized spacial score (nSPS) is 19.9. The van der Waals surface area contributed by atoms with E-state index in [4.69, 9.17) is 35.4 Å². The second-order valence-corrected chi connectivity index (χ2v) is 14.1. The first-order valence-electron chi connectivity index (χ1n) is 17.2. The molecule has 5 atom stereocenters. The summed E-state index contributed by atoms with van der Waals surface area (Å²) in [5.41, 5.74) is 4.60. The molecule has 0 spiro atoms. The summed E-state index contributed by atoms with van der Waals surface area (Å²) in [6, 6.07) is 15.2. The minimum Gasteiger partial charge on any atom is -0.480 e. The molecule has 1 aliphatic rings. The minimum absolute atomic E-state index is 0.0249. The molecule has 1 fully saturated rings. The van der Waals surface area contributed by atoms with Crippen LogP contribution in [0.3, 0.4) is 0 Å². The number of unbranched alkanes of at least 4 members (excludes halogenated alkanes) is 5. The molecular formula is C36H42FN6O9P. The van der Waals surface area contributed by atoms with Gasteiger partial charge < -0.3 is 29.6 Å². The fourth-order valence-corrected chi connectivity index (χ4v) is 7.30. The molecule has 3 heterocycles. The average Bonchev–Trinajstić information content (AvgIpc) is 3.72. The SMILES string of the molecule is C#C[C@]1(CO[P@@](=O)(N[C@@H](Cc2ccccc2)C(=O)O)Oc2ccccc2)O[C@@H](n2cnc3c(N)nc(F)nc32)C[C@@H]1OC(=O)OCCCCCCCC. The summed E-state index contributed by atoms with van der Waals surface area (Å²) in [6.07, 6.45) is 8.42. The highest BCUT2D eigenvalue weighted by molar-refractivity contribution is 7.52. The van der Waals surface area contributed by atoms with Gasteiger partial charge in [-0.3, -0.25) is 13.9 Å². The van der Waals surface area contributed by atoms with Crippen molar-refractivity contribution in [1.29, 1.82) is 0 Å². The van der Waals surface area contributed by atoms with Gasteiger partial charge in [-0.2, -0.15) is 19.4 Å². The fourth-order valence-electron chi connectivity index (χ4n) is 5.78. The Morgan fingerprint density at radius 1 is 1.13 bits per heavy atom. The second kappa shape index (κ2) is 18.1. The lowest BCUT2D eigenvalue weighted by atomic mass is 9.99. The zero-order valence-electron chi connectivity index (χ0n) is 29.1. The predicted molar refractivity (Wildman–Crippen MR) is 191 cm³/mol. The van der Waals surface area contributed by atoms with Crippen molar-refractivity contribution in [2.75, 3.05) is 18.9 Å². The van der Waals surface area contributed by atoms with Crippen molar-refractivity contribution in [2.45, 2.75) is 82.3 Å². The number of carbonyl (C=O) groups is 2. The van der Waals surface area contributed by atoms with Crippen LogP contribution in [0.25, 0.3) is 11.2 Å². The van der Waals surface area contributed by atoms with Gasteiger partial charge in [0.15, 0.2) is 28.7 Å². The number of imidazole rings is 1. The van der Waals surface area contributed by atoms with Gasteiger partial charge in [0.2, 0.25) is 0 Å². The Morgan fingerprint density at radius 2 is 1.83 bits per heavy atom. The first-order chi connectivity index (χ1) is 25.5. The highest BCUT2D eigenvalue weighted by Gasteiger charge is 2.53. The molecule has 0 amide bonds. The molecule has 1 saturated heterocycles. The molecule has 17 heteroatoms. The molecule has 4 N–H and O–H groups in total. The van der Waals surface area contributed by atoms with Crippen molar-refractivity contribution in [3.05, 3.63) is 78.6 Å². The fraction of sp³-hybridized carbons (Fsp3) is 0.417. The quantitative estimate of drug-likeness (QED) is 0.0321. The van der Waals surface area contributed by atoms with E-state index in [0.717, 1.165) is 32.1 Å². The summed E-state index contributed by atoms with van der Waals surface area (Å²) >= 11 is 0. The molecule has 2 aromatic carbocycles. The number of aliphatic carboxylic acids is 1. The van der Waals surface area contributed by atoms with Crippen LogP contribution in [0, 0.1) is 18.4 Å². The van der Waals surface area contributed by atoms with Crippen molar-refractivity contribution in [3.8, 4) is 18.1 Å². The summed E-state index contributed by atoms with van der Waals surface area (Å²) in [5.74, 6) is 1.04. The zero-order valence-corrected chi connectivity index (χ0v) is 30.0. The number of anilines is 1. The number of aromatic nitrogens is 4. The topological polar surface area (TPSA) is 199 Å². The third-order valence-electron chi connectivity index (χ3n) is 8.53. The molecule has 15 nitrogen and oxygen atoms in total. The highest BCUT2D eigenvalue weighted by Crippen LogP contribution is 2.48. The maximum absolute atomic E-state index is 14.5. The lowest BCUT2D eigenvalue weighted by Gasteiger charge is -2.31. The number of para-hydroxylation sites is 1. The average molecular weight is 753 g/mol. The summed E-state index contributed by atoms with van der Waals surface area (Å²) in [7, 11) is -4.61. The molecule has 4 aromatic rings. The summed E-state index contributed by atoms with van der Waals surface area (Å²) in [4.78, 5) is 36.9. The number of fused-ring (bicyclic) bond motifs is 1. The van der Waals surface area contributed by atoms with Crippen molar-refractivity contribution >= 4 is 36.9 Å². The standard InChI is InChI=1S/C36H42FN6O9P/c1-3-5-6-7-8-15-20-48-35(46)50-28-22-29(43-24-39-30-31(38)40-34(37)41-32(30)43)51-36(28,4-2)23-49-53(47,52-26-18-13-10-14-19-26)42-27(33(44)45)21-25-16-11-9-12-17-25/h2,9-14,16-19,24,27-29H,3,5-8,15,20-23H2,1H3,(H,42,47)(H,44,45)(H2,38,40,41)/t27-,28-,29+,36+,53-/m0/s1. The van der Waals surface area contributed by atoms with Gasteiger partial charge in [0.1, 0.15) is 24.6 Å². The zero-order chi connectivity index (χ0) is 37.8. The van der Waals surface area contributed by atoms with E-state index in [1.54, 1.807) is 48.5 Å². The third kappa shape index (κ3) is 10.3. The maximum Gasteiger partial charge on any atom is 0.508 e. The van der Waals surface area contributed by atoms with E-state index in [1.165, 1.54) is 23.0 Å². The van der Waals surface area contributed by atoms with Crippen LogP contribution in [0.15, 0.2) is 67.0 Å². The number of carbonyl (C=O) groups excluding carboxylic acids is 1. The monoisotopic (exact) mass is 752 g/mol. The molecule has 0 radical (unpaired) electrons. The number of ether oxygens (including phenoxy) is 3. The van der Waals surface area contributed by atoms with Crippen molar-refractivity contribution in [2.24, 2.45) is 0 Å². The molecule has 282 valence electrons. The number of benzene rings is 2. The van der Waals surface area contributed by atoms with Crippen LogP contribution in [-0.4, -0.2) is 67.7 Å². The number of carboxylic acid groups (broad SMARTS) is 1. The summed E-state index contributed by atoms with van der Waals surface area (Å²) < 4.78 is 59.1. The van der Waals surface area contributed by atoms with Crippen molar-refractivity contribution < 1.29 is 46.9 Å². The first-order valence-corrected chi connectivity index (χ1v) is 18.8. The van der Waals surface area contributed by atoms with E-state index in [0.29, 0.717) is 12.0 Å². The van der Waals surface area contributed by atoms with Crippen LogP contribution in [0.2, 0.25) is 0 Å². The number of carboxylic acids is 1. The molecule has 0 bridgehead atoms. The number of hydrogen-bond donors (Lipinski definition) is 3. The van der Waals surface area contributed by atoms with Gasteiger partial charge in [-0.05, 0) is 30.5 Å². The lowest BCUT2D eigenvalue weighted by molar-refractivity contribution is -0.139. The van der Waals surface area contributed by atoms with E-state index in [9.17, 15) is 23.7 Å². The van der Waals surface area contributed by atoms with Crippen LogP contribution in [0.4, 0.5) is 15.0 Å². The van der Waals surface area contributed by atoms with Crippen molar-refractivity contribution in [3.63, 3.8) is 0 Å². The van der Waals surface area contributed by atoms with Crippen molar-refractivity contribution in [1.82, 2.24) is 24.6 Å². The molecule has 0 unspecified atom stereocenters. The Morgan fingerprint density at radius 3 is 2.53 bits per heavy atom. The van der Waals surface area contributed by atoms with Crippen LogP contribution < -0.4 is 15.3 Å².